The predicted octanol–water partition coefficient (Wildman–Crippen LogP) is 0.513. The van der Waals surface area contributed by atoms with E-state index in [1.54, 1.807) is 0 Å². The Labute approximate surface area is 50.0 Å². The molecule has 2 heteroatoms. The van der Waals surface area contributed by atoms with Crippen molar-refractivity contribution >= 4 is 0 Å². The molecule has 2 N–H and O–H groups in total. The van der Waals surface area contributed by atoms with Gasteiger partial charge in [0.1, 0.15) is 0 Å². The van der Waals surface area contributed by atoms with Crippen LogP contribution in [0.25, 0.3) is 0 Å². The van der Waals surface area contributed by atoms with Crippen LogP contribution in [0.4, 0.5) is 0 Å². The van der Waals surface area contributed by atoms with Crippen LogP contribution in [0.2, 0.25) is 0 Å². The highest BCUT2D eigenvalue weighted by molar-refractivity contribution is 5.05. The smallest absolute Gasteiger partial charge is 0.0821 e. The molecule has 1 aliphatic rings. The molecule has 0 unspecified atom stereocenters. The van der Waals surface area contributed by atoms with Crippen molar-refractivity contribution < 1.29 is 4.74 Å². The van der Waals surface area contributed by atoms with Gasteiger partial charge in [-0.15, -0.1) is 0 Å². The molecule has 1 aliphatic carbocycles. The van der Waals surface area contributed by atoms with E-state index in [1.807, 2.05) is 6.92 Å². The number of rotatable bonds is 2. The van der Waals surface area contributed by atoms with Crippen molar-refractivity contribution in [3.05, 3.63) is 0 Å². The minimum absolute atomic E-state index is 0.0365. The van der Waals surface area contributed by atoms with Crippen molar-refractivity contribution in [2.45, 2.75) is 31.9 Å². The highest BCUT2D eigenvalue weighted by atomic mass is 16.5. The second-order valence-corrected chi connectivity index (χ2v) is 2.56. The Morgan fingerprint density at radius 1 is 1.88 bits per heavy atom. The van der Waals surface area contributed by atoms with E-state index in [9.17, 15) is 0 Å². The summed E-state index contributed by atoms with van der Waals surface area (Å²) in [6, 6.07) is 0.294. The Morgan fingerprint density at radius 2 is 2.38 bits per heavy atom. The molecular weight excluding hydrogens is 102 g/mol. The van der Waals surface area contributed by atoms with E-state index in [-0.39, 0.29) is 5.60 Å². The minimum atomic E-state index is 0.0365. The Kier molecular flexibility index (Phi) is 1.29. The fourth-order valence-corrected chi connectivity index (χ4v) is 0.873. The lowest BCUT2D eigenvalue weighted by Crippen LogP contribution is -2.19. The largest absolute Gasteiger partial charge is 0.374 e. The van der Waals surface area contributed by atoms with Gasteiger partial charge in [-0.1, -0.05) is 0 Å². The lowest BCUT2D eigenvalue weighted by atomic mass is 10.4. The molecule has 0 heterocycles. The summed E-state index contributed by atoms with van der Waals surface area (Å²) < 4.78 is 5.33. The molecule has 2 nitrogen and oxygen atoms in total. The first-order valence-corrected chi connectivity index (χ1v) is 3.08. The molecule has 8 heavy (non-hydrogen) atoms. The van der Waals surface area contributed by atoms with Gasteiger partial charge in [0.05, 0.1) is 5.60 Å². The monoisotopic (exact) mass is 115 g/mol. The van der Waals surface area contributed by atoms with Crippen molar-refractivity contribution in [2.75, 3.05) is 6.61 Å². The zero-order valence-corrected chi connectivity index (χ0v) is 5.48. The first kappa shape index (κ1) is 6.05. The summed E-state index contributed by atoms with van der Waals surface area (Å²) >= 11 is 0. The lowest BCUT2D eigenvalue weighted by Gasteiger charge is -2.07. The van der Waals surface area contributed by atoms with Crippen LogP contribution in [0.5, 0.6) is 0 Å². The van der Waals surface area contributed by atoms with Gasteiger partial charge in [-0.2, -0.15) is 0 Å². The van der Waals surface area contributed by atoms with Crippen LogP contribution < -0.4 is 5.73 Å². The van der Waals surface area contributed by atoms with Gasteiger partial charge in [-0.3, -0.25) is 0 Å². The summed E-state index contributed by atoms with van der Waals surface area (Å²) in [5.41, 5.74) is 5.60. The summed E-state index contributed by atoms with van der Waals surface area (Å²) in [6.07, 6.45) is 1.03. The van der Waals surface area contributed by atoms with E-state index in [2.05, 4.69) is 6.92 Å². The highest BCUT2D eigenvalue weighted by Crippen LogP contribution is 2.37. The fraction of sp³-hybridized carbons (Fsp3) is 1.00. The van der Waals surface area contributed by atoms with Gasteiger partial charge < -0.3 is 10.5 Å². The third-order valence-electron chi connectivity index (χ3n) is 1.72. The molecule has 0 aliphatic heterocycles. The van der Waals surface area contributed by atoms with Crippen LogP contribution >= 0.6 is 0 Å². The van der Waals surface area contributed by atoms with Crippen LogP contribution in [0, 0.1) is 0 Å². The first-order valence-electron chi connectivity index (χ1n) is 3.08. The molecule has 0 spiro atoms. The Bertz CT molecular complexity index is 94.5. The normalized spacial score (nSPS) is 44.6. The summed E-state index contributed by atoms with van der Waals surface area (Å²) in [5, 5.41) is 0. The van der Waals surface area contributed by atoms with Gasteiger partial charge in [0.25, 0.3) is 0 Å². The molecule has 0 aromatic rings. The van der Waals surface area contributed by atoms with Gasteiger partial charge in [0, 0.05) is 12.6 Å². The van der Waals surface area contributed by atoms with Crippen LogP contribution in [-0.2, 0) is 4.74 Å². The molecule has 0 aromatic carbocycles. The summed E-state index contributed by atoms with van der Waals surface area (Å²) in [4.78, 5) is 0. The Hall–Kier alpha value is -0.0800. The third-order valence-corrected chi connectivity index (χ3v) is 1.72. The van der Waals surface area contributed by atoms with Gasteiger partial charge in [-0.05, 0) is 20.3 Å². The average Bonchev–Trinajstić information content (AvgIpc) is 2.16. The minimum Gasteiger partial charge on any atom is -0.374 e. The molecule has 1 saturated carbocycles. The van der Waals surface area contributed by atoms with Crippen LogP contribution in [0.3, 0.4) is 0 Å². The van der Waals surface area contributed by atoms with Crippen LogP contribution in [-0.4, -0.2) is 18.2 Å². The summed E-state index contributed by atoms with van der Waals surface area (Å²) in [5.74, 6) is 0. The molecule has 0 aromatic heterocycles. The maximum Gasteiger partial charge on any atom is 0.0821 e. The van der Waals surface area contributed by atoms with Crippen molar-refractivity contribution in [3.63, 3.8) is 0 Å². The maximum atomic E-state index is 5.56. The van der Waals surface area contributed by atoms with Crippen LogP contribution in [0.1, 0.15) is 20.3 Å². The Balaban J connectivity index is 2.25. The molecule has 0 saturated heterocycles. The lowest BCUT2D eigenvalue weighted by molar-refractivity contribution is 0.0519. The van der Waals surface area contributed by atoms with Gasteiger partial charge in [-0.25, -0.2) is 0 Å². The molecule has 1 rings (SSSR count). The maximum absolute atomic E-state index is 5.56. The van der Waals surface area contributed by atoms with Crippen molar-refractivity contribution in [3.8, 4) is 0 Å². The van der Waals surface area contributed by atoms with E-state index < -0.39 is 0 Å². The third kappa shape index (κ3) is 0.858. The topological polar surface area (TPSA) is 35.2 Å². The average molecular weight is 115 g/mol. The zero-order valence-electron chi connectivity index (χ0n) is 5.48. The van der Waals surface area contributed by atoms with E-state index >= 15 is 0 Å². The first-order chi connectivity index (χ1) is 3.69. The zero-order chi connectivity index (χ0) is 6.20. The number of hydrogen-bond donors (Lipinski definition) is 1. The Morgan fingerprint density at radius 3 is 2.50 bits per heavy atom. The molecule has 48 valence electrons. The molecule has 0 bridgehead atoms. The quantitative estimate of drug-likeness (QED) is 0.569. The standard InChI is InChI=1S/C6H13NO/c1-3-8-6(2)4-5(6)7/h5H,3-4,7H2,1-2H3/t5-,6-/m0/s1. The number of nitrogens with two attached hydrogens (primary N) is 1. The van der Waals surface area contributed by atoms with E-state index in [0.29, 0.717) is 6.04 Å². The van der Waals surface area contributed by atoms with Gasteiger partial charge in [0.2, 0.25) is 0 Å². The molecule has 0 amide bonds. The van der Waals surface area contributed by atoms with Gasteiger partial charge >= 0.3 is 0 Å². The predicted molar refractivity (Wildman–Crippen MR) is 32.6 cm³/mol. The van der Waals surface area contributed by atoms with E-state index in [1.165, 1.54) is 0 Å². The number of hydrogen-bond acceptors (Lipinski definition) is 2. The van der Waals surface area contributed by atoms with E-state index in [4.69, 9.17) is 10.5 Å². The second kappa shape index (κ2) is 1.71. The summed E-state index contributed by atoms with van der Waals surface area (Å²) in [6.45, 7) is 4.83. The number of ether oxygens (including phenoxy) is 1. The van der Waals surface area contributed by atoms with Crippen LogP contribution in [0.15, 0.2) is 0 Å². The fourth-order valence-electron chi connectivity index (χ4n) is 0.873. The van der Waals surface area contributed by atoms with Crippen molar-refractivity contribution in [2.24, 2.45) is 5.73 Å². The molecule has 1 fully saturated rings. The van der Waals surface area contributed by atoms with E-state index in [0.717, 1.165) is 13.0 Å². The van der Waals surface area contributed by atoms with Gasteiger partial charge in [0.15, 0.2) is 0 Å². The SMILES string of the molecule is CCO[C@@]1(C)C[C@@H]1N. The summed E-state index contributed by atoms with van der Waals surface area (Å²) in [7, 11) is 0. The van der Waals surface area contributed by atoms with Crippen molar-refractivity contribution in [1.29, 1.82) is 0 Å². The molecule has 0 radical (unpaired) electrons. The molecule has 2 atom stereocenters. The second-order valence-electron chi connectivity index (χ2n) is 2.56. The highest BCUT2D eigenvalue weighted by Gasteiger charge is 2.48. The molecular formula is C6H13NO. The van der Waals surface area contributed by atoms with Crippen molar-refractivity contribution in [1.82, 2.24) is 0 Å².